The van der Waals surface area contributed by atoms with Gasteiger partial charge >= 0.3 is 11.7 Å². The maximum Gasteiger partial charge on any atom is 0.419 e. The molecule has 0 amide bonds. The number of benzene rings is 1. The van der Waals surface area contributed by atoms with Crippen LogP contribution in [0.25, 0.3) is 11.1 Å². The Morgan fingerprint density at radius 2 is 2.05 bits per heavy atom. The highest BCUT2D eigenvalue weighted by Gasteiger charge is 2.19. The van der Waals surface area contributed by atoms with Crippen molar-refractivity contribution in [3.05, 3.63) is 34.3 Å². The van der Waals surface area contributed by atoms with E-state index >= 15 is 0 Å². The number of esters is 1. The molecule has 0 saturated heterocycles. The summed E-state index contributed by atoms with van der Waals surface area (Å²) in [5, 5.41) is 0. The monoisotopic (exact) mass is 277 g/mol. The van der Waals surface area contributed by atoms with Crippen molar-refractivity contribution in [1.29, 1.82) is 0 Å². The van der Waals surface area contributed by atoms with E-state index in [1.807, 2.05) is 6.92 Å². The van der Waals surface area contributed by atoms with Gasteiger partial charge in [-0.2, -0.15) is 0 Å². The predicted octanol–water partition coefficient (Wildman–Crippen LogP) is 1.75. The first-order valence-corrected chi connectivity index (χ1v) is 6.43. The molecule has 2 rings (SSSR count). The summed E-state index contributed by atoms with van der Waals surface area (Å²) in [6, 6.07) is 4.48. The number of oxazole rings is 1. The molecule has 0 bridgehead atoms. The molecule has 0 spiro atoms. The van der Waals surface area contributed by atoms with Crippen molar-refractivity contribution in [1.82, 2.24) is 4.57 Å². The summed E-state index contributed by atoms with van der Waals surface area (Å²) >= 11 is 0. The van der Waals surface area contributed by atoms with Crippen molar-refractivity contribution in [2.75, 3.05) is 6.61 Å². The molecule has 0 atom stereocenters. The van der Waals surface area contributed by atoms with E-state index in [9.17, 15) is 14.4 Å². The number of Topliss-reactive ketones (excluding diaryl/α,β-unsaturated/α-hetero) is 1. The van der Waals surface area contributed by atoms with Gasteiger partial charge in [-0.25, -0.2) is 9.59 Å². The number of ether oxygens (including phenoxy) is 1. The lowest BCUT2D eigenvalue weighted by Gasteiger charge is -2.01. The van der Waals surface area contributed by atoms with E-state index in [2.05, 4.69) is 4.74 Å². The molecule has 0 aliphatic heterocycles. The molecule has 2 aromatic rings. The Morgan fingerprint density at radius 1 is 1.30 bits per heavy atom. The molecule has 0 N–H and O–H groups in total. The highest BCUT2D eigenvalue weighted by molar-refractivity contribution is 6.40. The van der Waals surface area contributed by atoms with Gasteiger partial charge in [0.2, 0.25) is 0 Å². The molecule has 1 aromatic carbocycles. The van der Waals surface area contributed by atoms with Crippen molar-refractivity contribution in [3.63, 3.8) is 0 Å². The van der Waals surface area contributed by atoms with Gasteiger partial charge in [0.15, 0.2) is 5.58 Å². The van der Waals surface area contributed by atoms with Crippen molar-refractivity contribution >= 4 is 22.9 Å². The molecular formula is C14H15NO5. The maximum absolute atomic E-state index is 11.8. The fourth-order valence-corrected chi connectivity index (χ4v) is 1.96. The first-order valence-electron chi connectivity index (χ1n) is 6.43. The minimum atomic E-state index is -0.915. The number of hydrogen-bond donors (Lipinski definition) is 0. The summed E-state index contributed by atoms with van der Waals surface area (Å²) in [5.41, 5.74) is 1.05. The summed E-state index contributed by atoms with van der Waals surface area (Å²) in [7, 11) is 0. The highest BCUT2D eigenvalue weighted by Crippen LogP contribution is 2.16. The highest BCUT2D eigenvalue weighted by atomic mass is 16.5. The number of hydrogen-bond acceptors (Lipinski definition) is 5. The Balaban J connectivity index is 2.42. The molecule has 0 unspecified atom stereocenters. The SMILES string of the molecule is CCCn1c(=O)oc2cc(C(=O)C(=O)OCC)ccc21. The fourth-order valence-electron chi connectivity index (χ4n) is 1.96. The van der Waals surface area contributed by atoms with Gasteiger partial charge in [0.05, 0.1) is 12.1 Å². The second kappa shape index (κ2) is 5.73. The van der Waals surface area contributed by atoms with Crippen LogP contribution in [-0.2, 0) is 16.1 Å². The van der Waals surface area contributed by atoms with E-state index in [4.69, 9.17) is 4.42 Å². The third kappa shape index (κ3) is 2.49. The summed E-state index contributed by atoms with van der Waals surface area (Å²) in [4.78, 5) is 34.8. The van der Waals surface area contributed by atoms with Crippen LogP contribution in [0.3, 0.4) is 0 Å². The van der Waals surface area contributed by atoms with E-state index in [-0.39, 0.29) is 12.2 Å². The Labute approximate surface area is 114 Å². The van der Waals surface area contributed by atoms with Crippen LogP contribution in [0, 0.1) is 0 Å². The number of aromatic nitrogens is 1. The van der Waals surface area contributed by atoms with Crippen molar-refractivity contribution in [2.24, 2.45) is 0 Å². The van der Waals surface area contributed by atoms with Gasteiger partial charge in [-0.05, 0) is 31.5 Å². The molecule has 0 fully saturated rings. The summed E-state index contributed by atoms with van der Waals surface area (Å²) in [6.07, 6.45) is 0.790. The van der Waals surface area contributed by atoms with Crippen LogP contribution in [0.15, 0.2) is 27.4 Å². The zero-order valence-corrected chi connectivity index (χ0v) is 11.3. The third-order valence-corrected chi connectivity index (χ3v) is 2.84. The van der Waals surface area contributed by atoms with Crippen LogP contribution in [0.1, 0.15) is 30.6 Å². The van der Waals surface area contributed by atoms with Crippen LogP contribution < -0.4 is 5.76 Å². The molecule has 106 valence electrons. The Bertz CT molecular complexity index is 710. The molecule has 20 heavy (non-hydrogen) atoms. The summed E-state index contributed by atoms with van der Waals surface area (Å²) < 4.78 is 11.2. The van der Waals surface area contributed by atoms with E-state index in [1.54, 1.807) is 13.0 Å². The number of rotatable bonds is 5. The zero-order chi connectivity index (χ0) is 14.7. The summed E-state index contributed by atoms with van der Waals surface area (Å²) in [5.74, 6) is -2.13. The van der Waals surface area contributed by atoms with Gasteiger partial charge in [0, 0.05) is 12.1 Å². The third-order valence-electron chi connectivity index (χ3n) is 2.84. The van der Waals surface area contributed by atoms with Crippen LogP contribution in [-0.4, -0.2) is 22.9 Å². The van der Waals surface area contributed by atoms with Crippen molar-refractivity contribution < 1.29 is 18.7 Å². The van der Waals surface area contributed by atoms with Gasteiger partial charge in [0.25, 0.3) is 5.78 Å². The van der Waals surface area contributed by atoms with Gasteiger partial charge in [0.1, 0.15) is 0 Å². The number of aryl methyl sites for hydroxylation is 1. The maximum atomic E-state index is 11.8. The molecule has 0 saturated carbocycles. The van der Waals surface area contributed by atoms with E-state index in [1.165, 1.54) is 16.7 Å². The average molecular weight is 277 g/mol. The van der Waals surface area contributed by atoms with Crippen molar-refractivity contribution in [3.8, 4) is 0 Å². The smallest absolute Gasteiger partial charge is 0.419 e. The number of carbonyl (C=O) groups excluding carboxylic acids is 2. The normalized spacial score (nSPS) is 10.7. The van der Waals surface area contributed by atoms with Gasteiger partial charge in [-0.15, -0.1) is 0 Å². The van der Waals surface area contributed by atoms with Crippen LogP contribution in [0.5, 0.6) is 0 Å². The molecular weight excluding hydrogens is 262 g/mol. The topological polar surface area (TPSA) is 78.5 Å². The minimum absolute atomic E-state index is 0.134. The minimum Gasteiger partial charge on any atom is -0.460 e. The quantitative estimate of drug-likeness (QED) is 0.472. The Kier molecular flexibility index (Phi) is 4.02. The molecule has 0 radical (unpaired) electrons. The van der Waals surface area contributed by atoms with Crippen LogP contribution >= 0.6 is 0 Å². The number of ketones is 1. The van der Waals surface area contributed by atoms with Gasteiger partial charge in [-0.3, -0.25) is 9.36 Å². The largest absolute Gasteiger partial charge is 0.460 e. The second-order valence-corrected chi connectivity index (χ2v) is 4.25. The lowest BCUT2D eigenvalue weighted by molar-refractivity contribution is -0.137. The zero-order valence-electron chi connectivity index (χ0n) is 11.3. The van der Waals surface area contributed by atoms with Gasteiger partial charge < -0.3 is 9.15 Å². The first kappa shape index (κ1) is 14.0. The van der Waals surface area contributed by atoms with Crippen LogP contribution in [0.2, 0.25) is 0 Å². The van der Waals surface area contributed by atoms with Crippen molar-refractivity contribution in [2.45, 2.75) is 26.8 Å². The first-order chi connectivity index (χ1) is 9.58. The molecule has 1 heterocycles. The standard InChI is InChI=1S/C14H15NO5/c1-3-7-15-10-6-5-9(8-11(10)20-14(15)18)12(16)13(17)19-4-2/h5-6,8H,3-4,7H2,1-2H3. The Hall–Kier alpha value is -2.37. The fraction of sp³-hybridized carbons (Fsp3) is 0.357. The van der Waals surface area contributed by atoms with Gasteiger partial charge in [-0.1, -0.05) is 6.92 Å². The molecule has 0 aliphatic rings. The van der Waals surface area contributed by atoms with E-state index in [0.29, 0.717) is 17.6 Å². The number of carbonyl (C=O) groups is 2. The summed E-state index contributed by atoms with van der Waals surface area (Å²) in [6.45, 7) is 4.24. The predicted molar refractivity (Wildman–Crippen MR) is 71.7 cm³/mol. The van der Waals surface area contributed by atoms with E-state index < -0.39 is 17.5 Å². The lowest BCUT2D eigenvalue weighted by Crippen LogP contribution is -2.17. The Morgan fingerprint density at radius 3 is 2.70 bits per heavy atom. The molecule has 1 aromatic heterocycles. The number of nitrogens with zero attached hydrogens (tertiary/aromatic N) is 1. The lowest BCUT2D eigenvalue weighted by atomic mass is 10.1. The van der Waals surface area contributed by atoms with Crippen LogP contribution in [0.4, 0.5) is 0 Å². The second-order valence-electron chi connectivity index (χ2n) is 4.25. The average Bonchev–Trinajstić information content (AvgIpc) is 2.74. The molecule has 6 nitrogen and oxygen atoms in total. The number of fused-ring (bicyclic) bond motifs is 1. The molecule has 6 heteroatoms. The van der Waals surface area contributed by atoms with E-state index in [0.717, 1.165) is 6.42 Å². The molecule has 0 aliphatic carbocycles.